The number of hydrogen-bond donors (Lipinski definition) is 3. The van der Waals surface area contributed by atoms with E-state index in [9.17, 15) is 14.9 Å². The number of rotatable bonds is 7. The van der Waals surface area contributed by atoms with Crippen LogP contribution >= 0.6 is 0 Å². The van der Waals surface area contributed by atoms with E-state index in [-0.39, 0.29) is 29.2 Å². The van der Waals surface area contributed by atoms with Gasteiger partial charge in [0.05, 0.1) is 5.69 Å². The summed E-state index contributed by atoms with van der Waals surface area (Å²) in [6, 6.07) is 18.4. The molecule has 0 spiro atoms. The molecule has 0 atom stereocenters. The number of nitrogen functional groups attached to an aromatic ring is 1. The van der Waals surface area contributed by atoms with Crippen LogP contribution in [0.4, 0.5) is 5.82 Å². The van der Waals surface area contributed by atoms with Crippen molar-refractivity contribution >= 4 is 22.9 Å². The van der Waals surface area contributed by atoms with E-state index in [1.165, 1.54) is 10.9 Å². The molecule has 2 aromatic carbocycles. The van der Waals surface area contributed by atoms with Gasteiger partial charge >= 0.3 is 5.69 Å². The Bertz CT molecular complexity index is 1720. The topological polar surface area (TPSA) is 167 Å². The Balaban J connectivity index is 1.23. The van der Waals surface area contributed by atoms with Gasteiger partial charge < -0.3 is 21.5 Å². The Morgan fingerprint density at radius 1 is 1.05 bits per heavy atom. The van der Waals surface area contributed by atoms with Crippen molar-refractivity contribution in [1.29, 1.82) is 5.26 Å². The molecule has 11 heteroatoms. The highest BCUT2D eigenvalue weighted by molar-refractivity contribution is 5.97. The van der Waals surface area contributed by atoms with Gasteiger partial charge in [0.25, 0.3) is 5.91 Å². The van der Waals surface area contributed by atoms with Crippen LogP contribution in [0.2, 0.25) is 0 Å². The molecule has 0 unspecified atom stereocenters. The third-order valence-electron chi connectivity index (χ3n) is 7.78. The van der Waals surface area contributed by atoms with Crippen LogP contribution in [0.15, 0.2) is 77.4 Å². The van der Waals surface area contributed by atoms with E-state index >= 15 is 0 Å². The number of carbonyl (C=O) groups is 1. The first-order chi connectivity index (χ1) is 19.8. The molecule has 6 rings (SSSR count). The number of nitriles is 1. The molecule has 2 fully saturated rings. The summed E-state index contributed by atoms with van der Waals surface area (Å²) in [4.78, 5) is 35.2. The number of nitrogens with zero attached hydrogens (tertiary/aromatic N) is 5. The molecule has 0 bridgehead atoms. The quantitative estimate of drug-likeness (QED) is 0.232. The largest absolute Gasteiger partial charge is 0.457 e. The number of nitrogens with one attached hydrogen (secondary N) is 1. The van der Waals surface area contributed by atoms with Crippen LogP contribution in [0, 0.1) is 11.3 Å². The highest BCUT2D eigenvalue weighted by Gasteiger charge is 2.37. The first-order valence-electron chi connectivity index (χ1n) is 13.6. The zero-order chi connectivity index (χ0) is 28.6. The average molecular weight is 551 g/mol. The molecule has 0 aliphatic heterocycles. The van der Waals surface area contributed by atoms with Gasteiger partial charge in [0.1, 0.15) is 35.0 Å². The normalized spacial score (nSPS) is 19.9. The maximum atomic E-state index is 13.9. The van der Waals surface area contributed by atoms with Crippen LogP contribution in [0.3, 0.4) is 0 Å². The Morgan fingerprint density at radius 2 is 1.73 bits per heavy atom. The van der Waals surface area contributed by atoms with Gasteiger partial charge in [-0.25, -0.2) is 14.8 Å². The van der Waals surface area contributed by atoms with Gasteiger partial charge in [-0.15, -0.1) is 0 Å². The molecule has 2 heterocycles. The summed E-state index contributed by atoms with van der Waals surface area (Å²) in [5, 5.41) is 12.4. The number of hydrogen-bond acceptors (Lipinski definition) is 8. The van der Waals surface area contributed by atoms with E-state index in [4.69, 9.17) is 16.2 Å². The number of ether oxygens (including phenoxy) is 1. The van der Waals surface area contributed by atoms with E-state index in [1.54, 1.807) is 34.9 Å². The molecular formula is C30H30N8O3. The van der Waals surface area contributed by atoms with Gasteiger partial charge in [0.2, 0.25) is 0 Å². The third-order valence-corrected chi connectivity index (χ3v) is 7.78. The molecule has 5 N–H and O–H groups in total. The average Bonchev–Trinajstić information content (AvgIpc) is 3.64. The summed E-state index contributed by atoms with van der Waals surface area (Å²) in [5.74, 6) is 1.15. The first-order valence-corrected chi connectivity index (χ1v) is 13.6. The second kappa shape index (κ2) is 10.6. The zero-order valence-corrected chi connectivity index (χ0v) is 22.4. The van der Waals surface area contributed by atoms with Gasteiger partial charge in [0.15, 0.2) is 11.5 Å². The fourth-order valence-corrected chi connectivity index (χ4v) is 5.39. The molecule has 2 aromatic heterocycles. The minimum absolute atomic E-state index is 0.0544. The lowest BCUT2D eigenvalue weighted by atomic mass is 9.90. The van der Waals surface area contributed by atoms with Crippen molar-refractivity contribution in [1.82, 2.24) is 24.4 Å². The second-order valence-corrected chi connectivity index (χ2v) is 10.7. The maximum Gasteiger partial charge on any atom is 0.335 e. The summed E-state index contributed by atoms with van der Waals surface area (Å²) in [6.45, 7) is 0. The highest BCUT2D eigenvalue weighted by atomic mass is 16.5. The SMILES string of the molecule is N#CC(=CC1(N)CC1)C(=O)NC1CCC(n2c(=O)n(-c3ccc(Oc4ccccc4)cc3)c3c(N)ncnc32)CC1. The van der Waals surface area contributed by atoms with Crippen LogP contribution in [0.5, 0.6) is 11.5 Å². The third kappa shape index (κ3) is 5.29. The Kier molecular flexibility index (Phi) is 6.77. The van der Waals surface area contributed by atoms with Gasteiger partial charge in [-0.1, -0.05) is 18.2 Å². The number of benzene rings is 2. The van der Waals surface area contributed by atoms with Crippen LogP contribution in [0.25, 0.3) is 16.9 Å². The van der Waals surface area contributed by atoms with E-state index in [0.717, 1.165) is 12.8 Å². The number of amides is 1. The number of carbonyl (C=O) groups excluding carboxylic acids is 1. The van der Waals surface area contributed by atoms with E-state index in [0.29, 0.717) is 54.0 Å². The van der Waals surface area contributed by atoms with Crippen molar-refractivity contribution in [3.05, 3.63) is 83.1 Å². The monoisotopic (exact) mass is 550 g/mol. The highest BCUT2D eigenvalue weighted by Crippen LogP contribution is 2.35. The van der Waals surface area contributed by atoms with Crippen LogP contribution < -0.4 is 27.2 Å². The molecule has 41 heavy (non-hydrogen) atoms. The lowest BCUT2D eigenvalue weighted by Gasteiger charge is -2.29. The minimum Gasteiger partial charge on any atom is -0.457 e. The van der Waals surface area contributed by atoms with Crippen LogP contribution in [-0.4, -0.2) is 36.6 Å². The molecule has 0 radical (unpaired) electrons. The summed E-state index contributed by atoms with van der Waals surface area (Å²) in [5.41, 5.74) is 13.1. The second-order valence-electron chi connectivity index (χ2n) is 10.7. The number of para-hydroxylation sites is 1. The van der Waals surface area contributed by atoms with E-state index in [2.05, 4.69) is 15.3 Å². The fourth-order valence-electron chi connectivity index (χ4n) is 5.39. The smallest absolute Gasteiger partial charge is 0.335 e. The standard InChI is InChI=1S/C30H30N8O3/c31-17-19(16-30(33)14-15-30)28(39)36-20-6-8-22(9-7-20)38-27-25(26(32)34-18-35-27)37(29(38)40)21-10-12-24(13-11-21)41-23-4-2-1-3-5-23/h1-5,10-13,16,18,20,22H,6-9,14-15,33H2,(H,36,39)(H2,32,34,35). The lowest BCUT2D eigenvalue weighted by molar-refractivity contribution is -0.118. The van der Waals surface area contributed by atoms with Crippen molar-refractivity contribution in [3.63, 3.8) is 0 Å². The van der Waals surface area contributed by atoms with Crippen LogP contribution in [-0.2, 0) is 4.79 Å². The van der Waals surface area contributed by atoms with Crippen molar-refractivity contribution in [2.75, 3.05) is 5.73 Å². The minimum atomic E-state index is -0.533. The number of anilines is 1. The van der Waals surface area contributed by atoms with Crippen molar-refractivity contribution in [3.8, 4) is 23.3 Å². The molecule has 1 amide bonds. The molecule has 0 saturated heterocycles. The Labute approximate surface area is 236 Å². The molecular weight excluding hydrogens is 520 g/mol. The number of nitrogens with two attached hydrogens (primary N) is 2. The summed E-state index contributed by atoms with van der Waals surface area (Å²) < 4.78 is 9.12. The molecule has 208 valence electrons. The number of imidazole rings is 1. The van der Waals surface area contributed by atoms with Crippen molar-refractivity contribution in [2.24, 2.45) is 5.73 Å². The van der Waals surface area contributed by atoms with E-state index < -0.39 is 11.4 Å². The predicted octanol–water partition coefficient (Wildman–Crippen LogP) is 3.50. The van der Waals surface area contributed by atoms with Gasteiger partial charge in [-0.05, 0) is 81.0 Å². The number of fused-ring (bicyclic) bond motifs is 1. The Morgan fingerprint density at radius 3 is 2.39 bits per heavy atom. The molecule has 2 aliphatic rings. The van der Waals surface area contributed by atoms with Crippen LogP contribution in [0.1, 0.15) is 44.6 Å². The molecule has 4 aromatic rings. The molecule has 2 aliphatic carbocycles. The predicted molar refractivity (Wildman–Crippen MR) is 153 cm³/mol. The first kappa shape index (κ1) is 26.3. The van der Waals surface area contributed by atoms with Gasteiger partial charge in [-0.2, -0.15) is 5.26 Å². The molecule has 2 saturated carbocycles. The van der Waals surface area contributed by atoms with Gasteiger partial charge in [-0.3, -0.25) is 13.9 Å². The number of aromatic nitrogens is 4. The van der Waals surface area contributed by atoms with Crippen molar-refractivity contribution < 1.29 is 9.53 Å². The van der Waals surface area contributed by atoms with Crippen molar-refractivity contribution in [2.45, 2.75) is 56.1 Å². The van der Waals surface area contributed by atoms with E-state index in [1.807, 2.05) is 36.4 Å². The lowest BCUT2D eigenvalue weighted by Crippen LogP contribution is -2.40. The fraction of sp³-hybridized carbons (Fsp3) is 0.300. The Hall–Kier alpha value is -4.95. The maximum absolute atomic E-state index is 13.9. The summed E-state index contributed by atoms with van der Waals surface area (Å²) in [6.07, 6.45) is 7.07. The zero-order valence-electron chi connectivity index (χ0n) is 22.4. The summed E-state index contributed by atoms with van der Waals surface area (Å²) in [7, 11) is 0. The molecule has 11 nitrogen and oxygen atoms in total. The van der Waals surface area contributed by atoms with Gasteiger partial charge in [0, 0.05) is 17.6 Å². The summed E-state index contributed by atoms with van der Waals surface area (Å²) >= 11 is 0.